The molecule has 5 nitrogen and oxygen atoms in total. The summed E-state index contributed by atoms with van der Waals surface area (Å²) < 4.78 is 0. The molecule has 0 saturated carbocycles. The lowest BCUT2D eigenvalue weighted by atomic mass is 10.7. The van der Waals surface area contributed by atoms with E-state index in [-0.39, 0.29) is 19.1 Å². The van der Waals surface area contributed by atoms with E-state index in [1.165, 1.54) is 0 Å². The summed E-state index contributed by atoms with van der Waals surface area (Å²) in [6.07, 6.45) is 0. The minimum atomic E-state index is -0.398. The molecule has 0 unspecified atom stereocenters. The summed E-state index contributed by atoms with van der Waals surface area (Å²) in [7, 11) is 0. The monoisotopic (exact) mass is 146 g/mol. The number of hydrogen-bond donors (Lipinski definition) is 3. The SMILES string of the molecule is CCO.O=C1CNC(=O)N1. The highest BCUT2D eigenvalue weighted by Gasteiger charge is 2.14. The number of urea groups is 1. The number of imide groups is 1. The van der Waals surface area contributed by atoms with Crippen LogP contribution in [0, 0.1) is 0 Å². The van der Waals surface area contributed by atoms with Crippen LogP contribution >= 0.6 is 0 Å². The van der Waals surface area contributed by atoms with Crippen molar-refractivity contribution in [1.29, 1.82) is 0 Å². The Bertz CT molecular complexity index is 121. The Balaban J connectivity index is 0.000000236. The molecule has 5 heteroatoms. The molecule has 0 atom stereocenters. The van der Waals surface area contributed by atoms with Gasteiger partial charge in [-0.25, -0.2) is 4.79 Å². The number of carbonyl (C=O) groups excluding carboxylic acids is 2. The molecule has 1 heterocycles. The maximum absolute atomic E-state index is 10.1. The molecule has 1 fully saturated rings. The van der Waals surface area contributed by atoms with Crippen molar-refractivity contribution in [2.24, 2.45) is 0 Å². The van der Waals surface area contributed by atoms with Gasteiger partial charge in [0.25, 0.3) is 0 Å². The quantitative estimate of drug-likeness (QED) is 0.376. The number of hydrogen-bond acceptors (Lipinski definition) is 3. The van der Waals surface area contributed by atoms with Gasteiger partial charge in [0.1, 0.15) is 0 Å². The third kappa shape index (κ3) is 3.85. The number of carbonyl (C=O) groups is 2. The predicted octanol–water partition coefficient (Wildman–Crippen LogP) is -1.18. The molecule has 1 aliphatic rings. The van der Waals surface area contributed by atoms with Crippen LogP contribution in [0.1, 0.15) is 6.92 Å². The summed E-state index contributed by atoms with van der Waals surface area (Å²) >= 11 is 0. The number of aliphatic hydroxyl groups is 1. The van der Waals surface area contributed by atoms with Crippen LogP contribution in [-0.2, 0) is 4.79 Å². The fourth-order valence-corrected chi connectivity index (χ4v) is 0.376. The fourth-order valence-electron chi connectivity index (χ4n) is 0.376. The van der Waals surface area contributed by atoms with Gasteiger partial charge in [-0.05, 0) is 6.92 Å². The molecule has 0 aromatic heterocycles. The van der Waals surface area contributed by atoms with Gasteiger partial charge in [-0.1, -0.05) is 0 Å². The van der Waals surface area contributed by atoms with Gasteiger partial charge in [-0.15, -0.1) is 0 Å². The van der Waals surface area contributed by atoms with Gasteiger partial charge < -0.3 is 10.4 Å². The second kappa shape index (κ2) is 4.75. The van der Waals surface area contributed by atoms with Crippen LogP contribution in [0.25, 0.3) is 0 Å². The Kier molecular flexibility index (Phi) is 4.23. The summed E-state index contributed by atoms with van der Waals surface area (Å²) in [5, 5.41) is 11.9. The van der Waals surface area contributed by atoms with Gasteiger partial charge in [0.15, 0.2) is 0 Å². The van der Waals surface area contributed by atoms with Crippen molar-refractivity contribution >= 4 is 11.9 Å². The average Bonchev–Trinajstić information content (AvgIpc) is 2.17. The molecule has 3 amide bonds. The number of nitrogens with one attached hydrogen (secondary N) is 2. The predicted molar refractivity (Wildman–Crippen MR) is 34.3 cm³/mol. The molecule has 0 aromatic carbocycles. The minimum Gasteiger partial charge on any atom is -0.397 e. The number of amides is 3. The lowest BCUT2D eigenvalue weighted by Gasteiger charge is -1.78. The van der Waals surface area contributed by atoms with E-state index in [0.717, 1.165) is 0 Å². The summed E-state index contributed by atoms with van der Waals surface area (Å²) in [5.74, 6) is -0.259. The van der Waals surface area contributed by atoms with Crippen LogP contribution in [0.4, 0.5) is 4.79 Å². The van der Waals surface area contributed by atoms with Gasteiger partial charge in [0.2, 0.25) is 5.91 Å². The first kappa shape index (κ1) is 8.90. The highest BCUT2D eigenvalue weighted by molar-refractivity contribution is 6.01. The van der Waals surface area contributed by atoms with Gasteiger partial charge in [0, 0.05) is 6.61 Å². The zero-order chi connectivity index (χ0) is 7.98. The normalized spacial score (nSPS) is 15.0. The summed E-state index contributed by atoms with van der Waals surface area (Å²) in [6.45, 7) is 2.05. The number of rotatable bonds is 0. The zero-order valence-electron chi connectivity index (χ0n) is 5.68. The summed E-state index contributed by atoms with van der Waals surface area (Å²) in [6, 6.07) is -0.398. The molecule has 10 heavy (non-hydrogen) atoms. The Morgan fingerprint density at radius 3 is 2.20 bits per heavy atom. The van der Waals surface area contributed by atoms with Gasteiger partial charge in [-0.3, -0.25) is 10.1 Å². The zero-order valence-corrected chi connectivity index (χ0v) is 5.68. The second-order valence-electron chi connectivity index (χ2n) is 1.55. The molecule has 0 radical (unpaired) electrons. The smallest absolute Gasteiger partial charge is 0.321 e. The van der Waals surface area contributed by atoms with Crippen molar-refractivity contribution in [1.82, 2.24) is 10.6 Å². The van der Waals surface area contributed by atoms with E-state index in [9.17, 15) is 9.59 Å². The Morgan fingerprint density at radius 1 is 1.60 bits per heavy atom. The van der Waals surface area contributed by atoms with E-state index < -0.39 is 6.03 Å². The van der Waals surface area contributed by atoms with Crippen molar-refractivity contribution in [3.8, 4) is 0 Å². The average molecular weight is 146 g/mol. The highest BCUT2D eigenvalue weighted by atomic mass is 16.2. The van der Waals surface area contributed by atoms with Crippen LogP contribution < -0.4 is 10.6 Å². The molecule has 1 aliphatic heterocycles. The van der Waals surface area contributed by atoms with Crippen LogP contribution in [0.15, 0.2) is 0 Å². The van der Waals surface area contributed by atoms with E-state index in [4.69, 9.17) is 5.11 Å². The summed E-state index contributed by atoms with van der Waals surface area (Å²) in [5.41, 5.74) is 0. The van der Waals surface area contributed by atoms with Crippen LogP contribution in [0.3, 0.4) is 0 Å². The lowest BCUT2D eigenvalue weighted by Crippen LogP contribution is -2.22. The van der Waals surface area contributed by atoms with E-state index in [0.29, 0.717) is 0 Å². The van der Waals surface area contributed by atoms with Crippen LogP contribution in [0.5, 0.6) is 0 Å². The maximum Gasteiger partial charge on any atom is 0.321 e. The third-order valence-corrected chi connectivity index (χ3v) is 0.662. The Hall–Kier alpha value is -1.10. The third-order valence-electron chi connectivity index (χ3n) is 0.662. The van der Waals surface area contributed by atoms with E-state index in [2.05, 4.69) is 5.32 Å². The standard InChI is InChI=1S/C3H4N2O2.C2H6O/c6-2-1-4-3(7)5-2;1-2-3/h1H2,(H2,4,5,6,7);3H,2H2,1H3. The molecule has 0 aliphatic carbocycles. The van der Waals surface area contributed by atoms with Crippen LogP contribution in [-0.4, -0.2) is 30.2 Å². The van der Waals surface area contributed by atoms with Crippen molar-refractivity contribution in [2.45, 2.75) is 6.92 Å². The second-order valence-corrected chi connectivity index (χ2v) is 1.55. The first-order valence-corrected chi connectivity index (χ1v) is 2.89. The van der Waals surface area contributed by atoms with Crippen molar-refractivity contribution < 1.29 is 14.7 Å². The molecular weight excluding hydrogens is 136 g/mol. The minimum absolute atomic E-state index is 0.124. The first-order chi connectivity index (χ1) is 4.70. The lowest BCUT2D eigenvalue weighted by molar-refractivity contribution is -0.117. The molecule has 1 saturated heterocycles. The van der Waals surface area contributed by atoms with Gasteiger partial charge in [0.05, 0.1) is 6.54 Å². The van der Waals surface area contributed by atoms with Crippen molar-refractivity contribution in [3.63, 3.8) is 0 Å². The first-order valence-electron chi connectivity index (χ1n) is 2.89. The molecular formula is C5H10N2O3. The van der Waals surface area contributed by atoms with Gasteiger partial charge >= 0.3 is 6.03 Å². The molecule has 0 bridgehead atoms. The van der Waals surface area contributed by atoms with E-state index >= 15 is 0 Å². The molecule has 1 rings (SSSR count). The Morgan fingerprint density at radius 2 is 2.10 bits per heavy atom. The van der Waals surface area contributed by atoms with E-state index in [1.54, 1.807) is 6.92 Å². The molecule has 0 aromatic rings. The van der Waals surface area contributed by atoms with Crippen molar-refractivity contribution in [2.75, 3.05) is 13.2 Å². The van der Waals surface area contributed by atoms with E-state index in [1.807, 2.05) is 5.32 Å². The Labute approximate surface area is 58.4 Å². The molecule has 3 N–H and O–H groups in total. The summed E-state index contributed by atoms with van der Waals surface area (Å²) in [4.78, 5) is 20.1. The fraction of sp³-hybridized carbons (Fsp3) is 0.600. The largest absolute Gasteiger partial charge is 0.397 e. The highest BCUT2D eigenvalue weighted by Crippen LogP contribution is 1.73. The number of aliphatic hydroxyl groups excluding tert-OH is 1. The molecule has 58 valence electrons. The van der Waals surface area contributed by atoms with Crippen molar-refractivity contribution in [3.05, 3.63) is 0 Å². The van der Waals surface area contributed by atoms with Gasteiger partial charge in [-0.2, -0.15) is 0 Å². The topological polar surface area (TPSA) is 78.4 Å². The molecule has 0 spiro atoms. The maximum atomic E-state index is 10.1. The van der Waals surface area contributed by atoms with Crippen LogP contribution in [0.2, 0.25) is 0 Å².